The summed E-state index contributed by atoms with van der Waals surface area (Å²) in [5.74, 6) is 0.134. The van der Waals surface area contributed by atoms with Crippen molar-refractivity contribution in [1.82, 2.24) is 4.90 Å². The lowest BCUT2D eigenvalue weighted by molar-refractivity contribution is -0.155. The highest BCUT2D eigenvalue weighted by Crippen LogP contribution is 2.14. The van der Waals surface area contributed by atoms with Crippen molar-refractivity contribution < 1.29 is 14.3 Å². The van der Waals surface area contributed by atoms with Crippen molar-refractivity contribution in [3.63, 3.8) is 0 Å². The average molecular weight is 227 g/mol. The largest absolute Gasteiger partial charge is 0.462 e. The maximum atomic E-state index is 11.8. The fraction of sp³-hybridized carbons (Fsp3) is 0.833. The molecule has 0 bridgehead atoms. The van der Waals surface area contributed by atoms with E-state index in [0.717, 1.165) is 6.42 Å². The second kappa shape index (κ2) is 5.99. The molecule has 0 aromatic heterocycles. The molecule has 4 nitrogen and oxygen atoms in total. The molecule has 4 heteroatoms. The fourth-order valence-electron chi connectivity index (χ4n) is 1.97. The van der Waals surface area contributed by atoms with Crippen molar-refractivity contribution in [2.75, 3.05) is 13.1 Å². The fourth-order valence-corrected chi connectivity index (χ4v) is 1.97. The number of ketones is 1. The molecular formula is C12H21NO3. The van der Waals surface area contributed by atoms with Gasteiger partial charge in [0, 0.05) is 25.9 Å². The number of likely N-dealkylation sites (tertiary alicyclic amines) is 1. The number of esters is 1. The number of piperidine rings is 1. The summed E-state index contributed by atoms with van der Waals surface area (Å²) in [4.78, 5) is 25.0. The first-order chi connectivity index (χ1) is 7.54. The van der Waals surface area contributed by atoms with E-state index in [-0.39, 0.29) is 18.1 Å². The third kappa shape index (κ3) is 3.59. The Morgan fingerprint density at radius 1 is 1.38 bits per heavy atom. The van der Waals surface area contributed by atoms with Gasteiger partial charge in [-0.05, 0) is 20.3 Å². The minimum absolute atomic E-state index is 0.0760. The summed E-state index contributed by atoms with van der Waals surface area (Å²) in [6.45, 7) is 7.05. The van der Waals surface area contributed by atoms with Crippen molar-refractivity contribution in [1.29, 1.82) is 0 Å². The van der Waals surface area contributed by atoms with Gasteiger partial charge in [0.2, 0.25) is 0 Å². The molecule has 0 N–H and O–H groups in total. The number of hydrogen-bond donors (Lipinski definition) is 0. The minimum Gasteiger partial charge on any atom is -0.462 e. The van der Waals surface area contributed by atoms with E-state index in [0.29, 0.717) is 31.7 Å². The van der Waals surface area contributed by atoms with Crippen LogP contribution >= 0.6 is 0 Å². The summed E-state index contributed by atoms with van der Waals surface area (Å²) in [7, 11) is 0. The molecular weight excluding hydrogens is 206 g/mol. The monoisotopic (exact) mass is 227 g/mol. The van der Waals surface area contributed by atoms with Gasteiger partial charge in [0.05, 0.1) is 6.10 Å². The van der Waals surface area contributed by atoms with Crippen molar-refractivity contribution in [3.8, 4) is 0 Å². The van der Waals surface area contributed by atoms with Gasteiger partial charge in [0.15, 0.2) is 0 Å². The number of ether oxygens (including phenoxy) is 1. The summed E-state index contributed by atoms with van der Waals surface area (Å²) in [6, 6.07) is -0.185. The van der Waals surface area contributed by atoms with Gasteiger partial charge in [-0.1, -0.05) is 6.92 Å². The van der Waals surface area contributed by atoms with E-state index in [9.17, 15) is 9.59 Å². The highest BCUT2D eigenvalue weighted by molar-refractivity contribution is 5.80. The zero-order valence-electron chi connectivity index (χ0n) is 10.4. The molecule has 1 aliphatic rings. The standard InChI is InChI=1S/C12H21NO3/c1-4-11(12(15)16-9(2)3)13-7-5-10(14)6-8-13/h9,11H,4-8H2,1-3H3. The Kier molecular flexibility index (Phi) is 4.93. The molecule has 0 amide bonds. The van der Waals surface area contributed by atoms with Crippen molar-refractivity contribution in [3.05, 3.63) is 0 Å². The second-order valence-electron chi connectivity index (χ2n) is 4.48. The van der Waals surface area contributed by atoms with E-state index in [1.807, 2.05) is 20.8 Å². The third-order valence-corrected chi connectivity index (χ3v) is 2.81. The molecule has 1 rings (SSSR count). The Balaban J connectivity index is 2.53. The Morgan fingerprint density at radius 2 is 1.94 bits per heavy atom. The summed E-state index contributed by atoms with van der Waals surface area (Å²) in [6.07, 6.45) is 1.78. The van der Waals surface area contributed by atoms with E-state index in [4.69, 9.17) is 4.74 Å². The van der Waals surface area contributed by atoms with Crippen LogP contribution in [-0.2, 0) is 14.3 Å². The van der Waals surface area contributed by atoms with E-state index < -0.39 is 0 Å². The Hall–Kier alpha value is -0.900. The molecule has 0 aromatic rings. The molecule has 1 atom stereocenters. The highest BCUT2D eigenvalue weighted by Gasteiger charge is 2.29. The summed E-state index contributed by atoms with van der Waals surface area (Å²) in [5, 5.41) is 0. The first-order valence-electron chi connectivity index (χ1n) is 6.00. The lowest BCUT2D eigenvalue weighted by Gasteiger charge is -2.32. The molecule has 0 saturated carbocycles. The van der Waals surface area contributed by atoms with Crippen LogP contribution in [0.25, 0.3) is 0 Å². The number of hydrogen-bond acceptors (Lipinski definition) is 4. The van der Waals surface area contributed by atoms with Crippen LogP contribution in [0.2, 0.25) is 0 Å². The molecule has 0 radical (unpaired) electrons. The van der Waals surface area contributed by atoms with Crippen LogP contribution in [0.15, 0.2) is 0 Å². The molecule has 1 saturated heterocycles. The van der Waals surface area contributed by atoms with Crippen molar-refractivity contribution >= 4 is 11.8 Å². The molecule has 0 aliphatic carbocycles. The van der Waals surface area contributed by atoms with Crippen LogP contribution in [0.4, 0.5) is 0 Å². The molecule has 1 unspecified atom stereocenters. The molecule has 92 valence electrons. The third-order valence-electron chi connectivity index (χ3n) is 2.81. The second-order valence-corrected chi connectivity index (χ2v) is 4.48. The number of nitrogens with zero attached hydrogens (tertiary/aromatic N) is 1. The normalized spacial score (nSPS) is 19.9. The summed E-state index contributed by atoms with van der Waals surface area (Å²) < 4.78 is 5.22. The minimum atomic E-state index is -0.185. The van der Waals surface area contributed by atoms with Gasteiger partial charge in [0.25, 0.3) is 0 Å². The maximum absolute atomic E-state index is 11.8. The predicted molar refractivity (Wildman–Crippen MR) is 61.1 cm³/mol. The first kappa shape index (κ1) is 13.2. The van der Waals surface area contributed by atoms with Crippen LogP contribution < -0.4 is 0 Å². The molecule has 0 aromatic carbocycles. The lowest BCUT2D eigenvalue weighted by Crippen LogP contribution is -2.46. The number of rotatable bonds is 4. The van der Waals surface area contributed by atoms with Gasteiger partial charge in [-0.25, -0.2) is 0 Å². The molecule has 1 aliphatic heterocycles. The van der Waals surface area contributed by atoms with Crippen molar-refractivity contribution in [2.45, 2.75) is 52.2 Å². The number of Topliss-reactive ketones (excluding diaryl/α,β-unsaturated/α-hetero) is 1. The van der Waals surface area contributed by atoms with Gasteiger partial charge < -0.3 is 4.74 Å². The lowest BCUT2D eigenvalue weighted by atomic mass is 10.1. The molecule has 0 spiro atoms. The topological polar surface area (TPSA) is 46.6 Å². The summed E-state index contributed by atoms with van der Waals surface area (Å²) >= 11 is 0. The summed E-state index contributed by atoms with van der Waals surface area (Å²) in [5.41, 5.74) is 0. The first-order valence-corrected chi connectivity index (χ1v) is 6.00. The zero-order valence-corrected chi connectivity index (χ0v) is 10.4. The van der Waals surface area contributed by atoms with E-state index in [1.165, 1.54) is 0 Å². The highest BCUT2D eigenvalue weighted by atomic mass is 16.5. The van der Waals surface area contributed by atoms with Crippen LogP contribution in [0.1, 0.15) is 40.0 Å². The zero-order chi connectivity index (χ0) is 12.1. The molecule has 1 heterocycles. The molecule has 1 fully saturated rings. The Labute approximate surface area is 96.9 Å². The van der Waals surface area contributed by atoms with E-state index >= 15 is 0 Å². The average Bonchev–Trinajstić information content (AvgIpc) is 2.21. The van der Waals surface area contributed by atoms with Gasteiger partial charge >= 0.3 is 5.97 Å². The number of carbonyl (C=O) groups excluding carboxylic acids is 2. The van der Waals surface area contributed by atoms with Crippen LogP contribution in [0, 0.1) is 0 Å². The van der Waals surface area contributed by atoms with Crippen LogP contribution in [0.5, 0.6) is 0 Å². The maximum Gasteiger partial charge on any atom is 0.323 e. The van der Waals surface area contributed by atoms with Gasteiger partial charge in [-0.3, -0.25) is 14.5 Å². The van der Waals surface area contributed by atoms with Crippen molar-refractivity contribution in [2.24, 2.45) is 0 Å². The molecule has 16 heavy (non-hydrogen) atoms. The number of carbonyl (C=O) groups is 2. The smallest absolute Gasteiger partial charge is 0.323 e. The quantitative estimate of drug-likeness (QED) is 0.681. The van der Waals surface area contributed by atoms with Crippen LogP contribution in [-0.4, -0.2) is 41.9 Å². The van der Waals surface area contributed by atoms with Gasteiger partial charge in [-0.15, -0.1) is 0 Å². The van der Waals surface area contributed by atoms with E-state index in [1.54, 1.807) is 0 Å². The van der Waals surface area contributed by atoms with Gasteiger partial charge in [-0.2, -0.15) is 0 Å². The van der Waals surface area contributed by atoms with Crippen LogP contribution in [0.3, 0.4) is 0 Å². The Bertz CT molecular complexity index is 253. The Morgan fingerprint density at radius 3 is 2.38 bits per heavy atom. The predicted octanol–water partition coefficient (Wildman–Crippen LogP) is 1.38. The SMILES string of the molecule is CCC(C(=O)OC(C)C)N1CCC(=O)CC1. The van der Waals surface area contributed by atoms with E-state index in [2.05, 4.69) is 4.90 Å². The van der Waals surface area contributed by atoms with Gasteiger partial charge in [0.1, 0.15) is 11.8 Å².